The summed E-state index contributed by atoms with van der Waals surface area (Å²) >= 11 is 0. The summed E-state index contributed by atoms with van der Waals surface area (Å²) in [6.45, 7) is 4.01. The van der Waals surface area contributed by atoms with Crippen LogP contribution in [0.4, 0.5) is 5.69 Å². The first kappa shape index (κ1) is 18.4. The number of nitrogens with zero attached hydrogens (tertiary/aromatic N) is 3. The number of benzene rings is 2. The fourth-order valence-electron chi connectivity index (χ4n) is 3.28. The highest BCUT2D eigenvalue weighted by atomic mass is 16.3. The highest BCUT2D eigenvalue weighted by Crippen LogP contribution is 2.15. The molecule has 1 atom stereocenters. The third-order valence-corrected chi connectivity index (χ3v) is 4.91. The number of carbonyl (C=O) groups is 1. The van der Waals surface area contributed by atoms with Gasteiger partial charge in [0.05, 0.1) is 12.6 Å². The average Bonchev–Trinajstić information content (AvgIpc) is 2.69. The van der Waals surface area contributed by atoms with Crippen LogP contribution in [0.1, 0.15) is 11.7 Å². The van der Waals surface area contributed by atoms with Gasteiger partial charge in [0.2, 0.25) is 5.91 Å². The number of β-amino-alcohol motifs (C(OH)–C–C–N with tert-alkyl or cyclic N) is 1. The smallest absolute Gasteiger partial charge is 0.242 e. The van der Waals surface area contributed by atoms with E-state index >= 15 is 0 Å². The van der Waals surface area contributed by atoms with E-state index in [0.29, 0.717) is 26.2 Å². The Morgan fingerprint density at radius 2 is 1.58 bits per heavy atom. The van der Waals surface area contributed by atoms with Gasteiger partial charge in [0, 0.05) is 45.5 Å². The predicted molar refractivity (Wildman–Crippen MR) is 104 cm³/mol. The molecule has 5 nitrogen and oxygen atoms in total. The van der Waals surface area contributed by atoms with Gasteiger partial charge in [0.15, 0.2) is 0 Å². The van der Waals surface area contributed by atoms with E-state index in [0.717, 1.165) is 24.3 Å². The topological polar surface area (TPSA) is 47.0 Å². The molecule has 0 aliphatic carbocycles. The molecule has 0 bridgehead atoms. The van der Waals surface area contributed by atoms with E-state index < -0.39 is 6.10 Å². The first-order valence-electron chi connectivity index (χ1n) is 9.13. The first-order chi connectivity index (χ1) is 12.6. The van der Waals surface area contributed by atoms with Crippen molar-refractivity contribution in [2.45, 2.75) is 6.10 Å². The van der Waals surface area contributed by atoms with Gasteiger partial charge >= 0.3 is 0 Å². The van der Waals surface area contributed by atoms with Gasteiger partial charge < -0.3 is 14.9 Å². The number of hydrogen-bond donors (Lipinski definition) is 1. The highest BCUT2D eigenvalue weighted by molar-refractivity contribution is 5.81. The van der Waals surface area contributed by atoms with Crippen LogP contribution in [0.3, 0.4) is 0 Å². The largest absolute Gasteiger partial charge is 0.387 e. The molecule has 3 rings (SSSR count). The zero-order chi connectivity index (χ0) is 18.4. The number of aliphatic hydroxyl groups is 1. The summed E-state index contributed by atoms with van der Waals surface area (Å²) in [4.78, 5) is 18.7. The fourth-order valence-corrected chi connectivity index (χ4v) is 3.28. The van der Waals surface area contributed by atoms with Gasteiger partial charge in [-0.3, -0.25) is 9.69 Å². The Kier molecular flexibility index (Phi) is 6.26. The minimum Gasteiger partial charge on any atom is -0.387 e. The molecule has 2 aromatic rings. The molecule has 1 aliphatic rings. The van der Waals surface area contributed by atoms with Crippen LogP contribution in [0.25, 0.3) is 0 Å². The summed E-state index contributed by atoms with van der Waals surface area (Å²) in [6, 6.07) is 19.7. The molecule has 138 valence electrons. The number of piperazine rings is 1. The summed E-state index contributed by atoms with van der Waals surface area (Å²) in [5.74, 6) is 0.152. The van der Waals surface area contributed by atoms with Crippen LogP contribution in [0.5, 0.6) is 0 Å². The van der Waals surface area contributed by atoms with Gasteiger partial charge in [-0.25, -0.2) is 0 Å². The Bertz CT molecular complexity index is 685. The summed E-state index contributed by atoms with van der Waals surface area (Å²) in [5, 5.41) is 10.4. The standard InChI is InChI=1S/C21H27N3O2/c1-22(19-10-6-3-7-11-19)17-21(26)24-14-12-23(13-15-24)16-20(25)18-8-4-2-5-9-18/h2-11,20,25H,12-17H2,1H3. The molecule has 1 heterocycles. The summed E-state index contributed by atoms with van der Waals surface area (Å²) in [6.07, 6.45) is -0.484. The van der Waals surface area contributed by atoms with Crippen molar-refractivity contribution in [3.05, 3.63) is 66.2 Å². The van der Waals surface area contributed by atoms with Crippen molar-refractivity contribution >= 4 is 11.6 Å². The van der Waals surface area contributed by atoms with E-state index in [1.165, 1.54) is 0 Å². The van der Waals surface area contributed by atoms with Crippen molar-refractivity contribution in [2.24, 2.45) is 0 Å². The van der Waals surface area contributed by atoms with Crippen LogP contribution < -0.4 is 4.90 Å². The van der Waals surface area contributed by atoms with E-state index in [4.69, 9.17) is 0 Å². The van der Waals surface area contributed by atoms with E-state index in [1.54, 1.807) is 0 Å². The number of anilines is 1. The number of amides is 1. The number of aliphatic hydroxyl groups excluding tert-OH is 1. The SMILES string of the molecule is CN(CC(=O)N1CCN(CC(O)c2ccccc2)CC1)c1ccccc1. The Morgan fingerprint density at radius 1 is 1.00 bits per heavy atom. The van der Waals surface area contributed by atoms with Gasteiger partial charge in [0.25, 0.3) is 0 Å². The molecule has 2 aromatic carbocycles. The van der Waals surface area contributed by atoms with Gasteiger partial charge in [-0.2, -0.15) is 0 Å². The molecule has 5 heteroatoms. The summed E-state index contributed by atoms with van der Waals surface area (Å²) in [7, 11) is 1.94. The third kappa shape index (κ3) is 4.84. The molecule has 1 aliphatic heterocycles. The van der Waals surface area contributed by atoms with Crippen LogP contribution in [0.2, 0.25) is 0 Å². The second kappa shape index (κ2) is 8.83. The molecular weight excluding hydrogens is 326 g/mol. The summed E-state index contributed by atoms with van der Waals surface area (Å²) in [5.41, 5.74) is 1.99. The fraction of sp³-hybridized carbons (Fsp3) is 0.381. The Labute approximate surface area is 155 Å². The minimum atomic E-state index is -0.484. The summed E-state index contributed by atoms with van der Waals surface area (Å²) < 4.78 is 0. The lowest BCUT2D eigenvalue weighted by atomic mass is 10.1. The van der Waals surface area contributed by atoms with Crippen molar-refractivity contribution in [2.75, 3.05) is 51.2 Å². The lowest BCUT2D eigenvalue weighted by molar-refractivity contribution is -0.131. The molecule has 26 heavy (non-hydrogen) atoms. The van der Waals surface area contributed by atoms with Crippen molar-refractivity contribution in [1.82, 2.24) is 9.80 Å². The molecule has 0 radical (unpaired) electrons. The van der Waals surface area contributed by atoms with Crippen LogP contribution in [-0.2, 0) is 4.79 Å². The normalized spacial score (nSPS) is 16.3. The second-order valence-electron chi connectivity index (χ2n) is 6.80. The molecule has 1 amide bonds. The monoisotopic (exact) mass is 353 g/mol. The zero-order valence-corrected chi connectivity index (χ0v) is 15.3. The minimum absolute atomic E-state index is 0.152. The van der Waals surface area contributed by atoms with Gasteiger partial charge in [-0.05, 0) is 17.7 Å². The maximum atomic E-state index is 12.5. The maximum absolute atomic E-state index is 12.5. The van der Waals surface area contributed by atoms with Crippen molar-refractivity contribution in [3.8, 4) is 0 Å². The van der Waals surface area contributed by atoms with Crippen LogP contribution in [0.15, 0.2) is 60.7 Å². The number of hydrogen-bond acceptors (Lipinski definition) is 4. The predicted octanol–water partition coefficient (Wildman–Crippen LogP) is 2.00. The van der Waals surface area contributed by atoms with E-state index in [-0.39, 0.29) is 5.91 Å². The van der Waals surface area contributed by atoms with E-state index in [9.17, 15) is 9.90 Å². The molecule has 1 N–H and O–H groups in total. The third-order valence-electron chi connectivity index (χ3n) is 4.91. The Hall–Kier alpha value is -2.37. The number of carbonyl (C=O) groups excluding carboxylic acids is 1. The number of rotatable bonds is 6. The first-order valence-corrected chi connectivity index (χ1v) is 9.13. The molecule has 0 saturated carbocycles. The highest BCUT2D eigenvalue weighted by Gasteiger charge is 2.23. The molecule has 1 unspecified atom stereocenters. The van der Waals surface area contributed by atoms with Crippen LogP contribution >= 0.6 is 0 Å². The maximum Gasteiger partial charge on any atom is 0.242 e. The van der Waals surface area contributed by atoms with Crippen molar-refractivity contribution in [3.63, 3.8) is 0 Å². The Morgan fingerprint density at radius 3 is 2.19 bits per heavy atom. The molecule has 0 aromatic heterocycles. The van der Waals surface area contributed by atoms with Gasteiger partial charge in [-0.1, -0.05) is 48.5 Å². The zero-order valence-electron chi connectivity index (χ0n) is 15.3. The van der Waals surface area contributed by atoms with Gasteiger partial charge in [0.1, 0.15) is 0 Å². The number of para-hydroxylation sites is 1. The lowest BCUT2D eigenvalue weighted by Crippen LogP contribution is -2.51. The second-order valence-corrected chi connectivity index (χ2v) is 6.80. The molecular formula is C21H27N3O2. The Balaban J connectivity index is 1.45. The molecule has 0 spiro atoms. The quantitative estimate of drug-likeness (QED) is 0.863. The van der Waals surface area contributed by atoms with Crippen molar-refractivity contribution in [1.29, 1.82) is 0 Å². The van der Waals surface area contributed by atoms with Crippen molar-refractivity contribution < 1.29 is 9.90 Å². The number of likely N-dealkylation sites (N-methyl/N-ethyl adjacent to an activating group) is 1. The molecule has 1 fully saturated rings. The van der Waals surface area contributed by atoms with E-state index in [1.807, 2.05) is 77.5 Å². The molecule has 1 saturated heterocycles. The van der Waals surface area contributed by atoms with Gasteiger partial charge in [-0.15, -0.1) is 0 Å². The average molecular weight is 353 g/mol. The lowest BCUT2D eigenvalue weighted by Gasteiger charge is -2.36. The van der Waals surface area contributed by atoms with Crippen LogP contribution in [0, 0.1) is 0 Å². The van der Waals surface area contributed by atoms with E-state index in [2.05, 4.69) is 4.90 Å². The van der Waals surface area contributed by atoms with Crippen LogP contribution in [-0.4, -0.2) is 67.1 Å².